The summed E-state index contributed by atoms with van der Waals surface area (Å²) in [5, 5.41) is 0. The van der Waals surface area contributed by atoms with Gasteiger partial charge in [0, 0.05) is 25.3 Å². The molecule has 0 aliphatic carbocycles. The number of sulfonamides is 1. The molecule has 1 heterocycles. The predicted octanol–water partition coefficient (Wildman–Crippen LogP) is 1.79. The van der Waals surface area contributed by atoms with E-state index in [2.05, 4.69) is 9.62 Å². The van der Waals surface area contributed by atoms with Crippen molar-refractivity contribution in [1.29, 1.82) is 0 Å². The Morgan fingerprint density at radius 1 is 1.24 bits per heavy atom. The van der Waals surface area contributed by atoms with E-state index in [-0.39, 0.29) is 5.75 Å². The molecule has 21 heavy (non-hydrogen) atoms. The summed E-state index contributed by atoms with van der Waals surface area (Å²) in [7, 11) is -3.31. The van der Waals surface area contributed by atoms with Crippen LogP contribution in [0.1, 0.15) is 12.5 Å². The van der Waals surface area contributed by atoms with Crippen molar-refractivity contribution < 1.29 is 13.2 Å². The summed E-state index contributed by atoms with van der Waals surface area (Å²) >= 11 is 0. The molecule has 1 aromatic rings. The number of allylic oxidation sites excluding steroid dienone is 1. The van der Waals surface area contributed by atoms with E-state index in [1.807, 2.05) is 31.2 Å². The van der Waals surface area contributed by atoms with Crippen molar-refractivity contribution in [3.8, 4) is 0 Å². The molecule has 1 saturated heterocycles. The van der Waals surface area contributed by atoms with E-state index >= 15 is 0 Å². The van der Waals surface area contributed by atoms with Gasteiger partial charge in [0.15, 0.2) is 0 Å². The van der Waals surface area contributed by atoms with E-state index < -0.39 is 10.0 Å². The van der Waals surface area contributed by atoms with Gasteiger partial charge in [-0.15, -0.1) is 0 Å². The molecule has 116 valence electrons. The Morgan fingerprint density at radius 3 is 2.52 bits per heavy atom. The molecule has 1 N–H and O–H groups in total. The lowest BCUT2D eigenvalue weighted by atomic mass is 10.2. The molecule has 6 heteroatoms. The minimum absolute atomic E-state index is 0.101. The average molecular weight is 310 g/mol. The van der Waals surface area contributed by atoms with Crippen LogP contribution in [-0.2, 0) is 14.8 Å². The van der Waals surface area contributed by atoms with Crippen LogP contribution in [0.2, 0.25) is 0 Å². The number of hydrogen-bond donors (Lipinski definition) is 1. The highest BCUT2D eigenvalue weighted by atomic mass is 32.2. The number of anilines is 1. The highest BCUT2D eigenvalue weighted by Crippen LogP contribution is 2.12. The largest absolute Gasteiger partial charge is 0.379 e. The summed E-state index contributed by atoms with van der Waals surface area (Å²) in [6.07, 6.45) is 3.91. The number of ether oxygens (including phenoxy) is 1. The van der Waals surface area contributed by atoms with Crippen molar-refractivity contribution in [3.63, 3.8) is 0 Å². The van der Waals surface area contributed by atoms with Gasteiger partial charge in [-0.05, 0) is 24.6 Å². The van der Waals surface area contributed by atoms with Crippen LogP contribution in [0.25, 0.3) is 6.08 Å². The van der Waals surface area contributed by atoms with Crippen molar-refractivity contribution in [3.05, 3.63) is 35.9 Å². The molecule has 0 aromatic heterocycles. The van der Waals surface area contributed by atoms with Gasteiger partial charge >= 0.3 is 0 Å². The highest BCUT2D eigenvalue weighted by Gasteiger charge is 2.15. The molecule has 0 amide bonds. The Bertz CT molecular complexity index is 561. The van der Waals surface area contributed by atoms with Gasteiger partial charge in [-0.3, -0.25) is 9.62 Å². The zero-order valence-electron chi connectivity index (χ0n) is 12.3. The fourth-order valence-corrected chi connectivity index (χ4v) is 3.26. The molecule has 1 aliphatic heterocycles. The van der Waals surface area contributed by atoms with Gasteiger partial charge in [-0.2, -0.15) is 0 Å². The maximum Gasteiger partial charge on any atom is 0.233 e. The van der Waals surface area contributed by atoms with Gasteiger partial charge in [-0.25, -0.2) is 8.42 Å². The first-order valence-corrected chi connectivity index (χ1v) is 8.78. The van der Waals surface area contributed by atoms with Gasteiger partial charge in [0.1, 0.15) is 0 Å². The van der Waals surface area contributed by atoms with Crippen LogP contribution in [0, 0.1) is 0 Å². The van der Waals surface area contributed by atoms with E-state index in [0.29, 0.717) is 25.4 Å². The Hall–Kier alpha value is -1.37. The van der Waals surface area contributed by atoms with Gasteiger partial charge in [-0.1, -0.05) is 24.3 Å². The summed E-state index contributed by atoms with van der Waals surface area (Å²) < 4.78 is 32.0. The second-order valence-electron chi connectivity index (χ2n) is 5.00. The second-order valence-corrected chi connectivity index (χ2v) is 6.84. The normalized spacial score (nSPS) is 17.2. The SMILES string of the molecule is CC=Cc1ccc(NS(=O)(=O)CCN2CCOCC2)cc1. The summed E-state index contributed by atoms with van der Waals surface area (Å²) in [4.78, 5) is 2.11. The zero-order chi connectivity index (χ0) is 15.1. The van der Waals surface area contributed by atoms with E-state index in [9.17, 15) is 8.42 Å². The van der Waals surface area contributed by atoms with E-state index in [1.165, 1.54) is 0 Å². The van der Waals surface area contributed by atoms with E-state index in [1.54, 1.807) is 12.1 Å². The third-order valence-electron chi connectivity index (χ3n) is 3.32. The molecule has 1 aliphatic rings. The number of nitrogens with zero attached hydrogens (tertiary/aromatic N) is 1. The summed E-state index contributed by atoms with van der Waals surface area (Å²) in [6, 6.07) is 7.34. The average Bonchev–Trinajstić information content (AvgIpc) is 2.48. The fraction of sp³-hybridized carbons (Fsp3) is 0.467. The van der Waals surface area contributed by atoms with Gasteiger partial charge in [0.2, 0.25) is 10.0 Å². The van der Waals surface area contributed by atoms with E-state index in [0.717, 1.165) is 18.7 Å². The second kappa shape index (κ2) is 7.59. The lowest BCUT2D eigenvalue weighted by Gasteiger charge is -2.26. The first kappa shape index (κ1) is 16.0. The molecule has 0 unspecified atom stereocenters. The van der Waals surface area contributed by atoms with E-state index in [4.69, 9.17) is 4.74 Å². The zero-order valence-corrected chi connectivity index (χ0v) is 13.1. The monoisotopic (exact) mass is 310 g/mol. The third-order valence-corrected chi connectivity index (χ3v) is 4.59. The van der Waals surface area contributed by atoms with Gasteiger partial charge in [0.25, 0.3) is 0 Å². The molecule has 5 nitrogen and oxygen atoms in total. The molecule has 1 aromatic carbocycles. The molecular formula is C15H22N2O3S. The molecule has 0 spiro atoms. The molecule has 0 saturated carbocycles. The van der Waals surface area contributed by atoms with Crippen LogP contribution in [0.5, 0.6) is 0 Å². The van der Waals surface area contributed by atoms with Crippen LogP contribution >= 0.6 is 0 Å². The Labute approximate surface area is 126 Å². The topological polar surface area (TPSA) is 58.6 Å². The van der Waals surface area contributed by atoms with Crippen molar-refractivity contribution in [2.45, 2.75) is 6.92 Å². The molecular weight excluding hydrogens is 288 g/mol. The fourth-order valence-electron chi connectivity index (χ4n) is 2.16. The number of morpholine rings is 1. The van der Waals surface area contributed by atoms with Gasteiger partial charge < -0.3 is 4.74 Å². The predicted molar refractivity (Wildman–Crippen MR) is 85.8 cm³/mol. The molecule has 0 bridgehead atoms. The molecule has 0 radical (unpaired) electrons. The summed E-state index contributed by atoms with van der Waals surface area (Å²) in [6.45, 7) is 5.44. The third kappa shape index (κ3) is 5.49. The molecule has 1 fully saturated rings. The van der Waals surface area contributed by atoms with Crippen LogP contribution in [-0.4, -0.2) is 51.9 Å². The maximum absolute atomic E-state index is 12.1. The molecule has 2 rings (SSSR count). The lowest BCUT2D eigenvalue weighted by Crippen LogP contribution is -2.39. The number of nitrogens with one attached hydrogen (secondary N) is 1. The van der Waals surface area contributed by atoms with Crippen LogP contribution in [0.4, 0.5) is 5.69 Å². The van der Waals surface area contributed by atoms with Crippen molar-refractivity contribution in [2.75, 3.05) is 43.3 Å². The standard InChI is InChI=1S/C15H22N2O3S/c1-2-3-14-4-6-15(7-5-14)16-21(18,19)13-10-17-8-11-20-12-9-17/h2-7,16H,8-13H2,1H3. The maximum atomic E-state index is 12.1. The Balaban J connectivity index is 1.87. The van der Waals surface area contributed by atoms with Crippen molar-refractivity contribution in [1.82, 2.24) is 4.90 Å². The summed E-state index contributed by atoms with van der Waals surface area (Å²) in [5.41, 5.74) is 1.65. The molecule has 0 atom stereocenters. The summed E-state index contributed by atoms with van der Waals surface area (Å²) in [5.74, 6) is 0.101. The number of rotatable bonds is 6. The number of benzene rings is 1. The van der Waals surface area contributed by atoms with Crippen molar-refractivity contribution >= 4 is 21.8 Å². The quantitative estimate of drug-likeness (QED) is 0.870. The highest BCUT2D eigenvalue weighted by molar-refractivity contribution is 7.92. The Morgan fingerprint density at radius 2 is 1.90 bits per heavy atom. The van der Waals surface area contributed by atoms with Crippen LogP contribution < -0.4 is 4.72 Å². The first-order chi connectivity index (χ1) is 10.1. The smallest absolute Gasteiger partial charge is 0.233 e. The number of hydrogen-bond acceptors (Lipinski definition) is 4. The van der Waals surface area contributed by atoms with Crippen molar-refractivity contribution in [2.24, 2.45) is 0 Å². The van der Waals surface area contributed by atoms with Gasteiger partial charge in [0.05, 0.1) is 19.0 Å². The lowest BCUT2D eigenvalue weighted by molar-refractivity contribution is 0.0408. The minimum atomic E-state index is -3.31. The Kier molecular flexibility index (Phi) is 5.78. The minimum Gasteiger partial charge on any atom is -0.379 e. The van der Waals surface area contributed by atoms with Crippen LogP contribution in [0.15, 0.2) is 30.3 Å². The first-order valence-electron chi connectivity index (χ1n) is 7.12. The van der Waals surface area contributed by atoms with Crippen LogP contribution in [0.3, 0.4) is 0 Å².